The minimum atomic E-state index is -0.879. The van der Waals surface area contributed by atoms with Gasteiger partial charge < -0.3 is 5.11 Å². The number of rotatable bonds is 5. The first kappa shape index (κ1) is 15.5. The number of hydrogen-bond donors (Lipinski definition) is 1. The lowest BCUT2D eigenvalue weighted by atomic mass is 10.1. The zero-order valence-corrected chi connectivity index (χ0v) is 12.7. The number of thioether (sulfide) groups is 1. The van der Waals surface area contributed by atoms with E-state index in [1.165, 1.54) is 35.2 Å². The molecule has 1 N–H and O–H groups in total. The van der Waals surface area contributed by atoms with Gasteiger partial charge in [-0.15, -0.1) is 11.3 Å². The number of aliphatic carboxylic acids is 1. The van der Waals surface area contributed by atoms with Gasteiger partial charge in [-0.3, -0.25) is 4.79 Å². The summed E-state index contributed by atoms with van der Waals surface area (Å²) in [6, 6.07) is 6.22. The van der Waals surface area contributed by atoms with Crippen molar-refractivity contribution < 1.29 is 14.3 Å². The lowest BCUT2D eigenvalue weighted by molar-refractivity contribution is -0.136. The number of nitriles is 1. The SMILES string of the molecule is Cc1nc(SCc2ccc(F)c(C#N)c2)sc1CC(=O)O. The van der Waals surface area contributed by atoms with Crippen LogP contribution in [0, 0.1) is 24.1 Å². The number of carboxylic acids is 1. The van der Waals surface area contributed by atoms with Crippen molar-refractivity contribution in [1.29, 1.82) is 5.26 Å². The predicted molar refractivity (Wildman–Crippen MR) is 78.9 cm³/mol. The smallest absolute Gasteiger partial charge is 0.308 e. The van der Waals surface area contributed by atoms with E-state index < -0.39 is 11.8 Å². The number of aryl methyl sites for hydroxylation is 1. The van der Waals surface area contributed by atoms with Gasteiger partial charge in [-0.2, -0.15) is 5.26 Å². The first-order valence-electron chi connectivity index (χ1n) is 5.99. The average molecular weight is 322 g/mol. The van der Waals surface area contributed by atoms with E-state index in [-0.39, 0.29) is 12.0 Å². The van der Waals surface area contributed by atoms with Crippen molar-refractivity contribution in [3.05, 3.63) is 45.7 Å². The van der Waals surface area contributed by atoms with Gasteiger partial charge >= 0.3 is 5.97 Å². The third-order valence-electron chi connectivity index (χ3n) is 2.70. The zero-order valence-electron chi connectivity index (χ0n) is 11.1. The molecule has 21 heavy (non-hydrogen) atoms. The van der Waals surface area contributed by atoms with Crippen LogP contribution in [-0.4, -0.2) is 16.1 Å². The van der Waals surface area contributed by atoms with Gasteiger partial charge in [0.2, 0.25) is 0 Å². The van der Waals surface area contributed by atoms with Crippen LogP contribution in [0.4, 0.5) is 4.39 Å². The molecule has 1 heterocycles. The van der Waals surface area contributed by atoms with Gasteiger partial charge in [-0.05, 0) is 24.6 Å². The summed E-state index contributed by atoms with van der Waals surface area (Å²) in [6.45, 7) is 1.78. The van der Waals surface area contributed by atoms with Gasteiger partial charge in [0.1, 0.15) is 11.9 Å². The highest BCUT2D eigenvalue weighted by Gasteiger charge is 2.12. The maximum absolute atomic E-state index is 13.2. The molecule has 0 unspecified atom stereocenters. The Morgan fingerprint density at radius 1 is 1.57 bits per heavy atom. The maximum Gasteiger partial charge on any atom is 0.308 e. The number of halogens is 1. The Morgan fingerprint density at radius 2 is 2.33 bits per heavy atom. The van der Waals surface area contributed by atoms with Gasteiger partial charge in [0.05, 0.1) is 17.7 Å². The molecule has 0 radical (unpaired) electrons. The van der Waals surface area contributed by atoms with Gasteiger partial charge in [0.25, 0.3) is 0 Å². The molecule has 0 bridgehead atoms. The van der Waals surface area contributed by atoms with Gasteiger partial charge in [-0.1, -0.05) is 17.8 Å². The summed E-state index contributed by atoms with van der Waals surface area (Å²) < 4.78 is 14.0. The molecule has 0 aliphatic rings. The second-order valence-corrected chi connectivity index (χ2v) is 6.58. The van der Waals surface area contributed by atoms with Crippen LogP contribution in [0.1, 0.15) is 21.7 Å². The molecule has 0 fully saturated rings. The van der Waals surface area contributed by atoms with E-state index in [1.807, 2.05) is 0 Å². The molecular weight excluding hydrogens is 311 g/mol. The van der Waals surface area contributed by atoms with Crippen LogP contribution in [0.5, 0.6) is 0 Å². The first-order valence-corrected chi connectivity index (χ1v) is 7.79. The molecule has 108 valence electrons. The van der Waals surface area contributed by atoms with Crippen LogP contribution >= 0.6 is 23.1 Å². The van der Waals surface area contributed by atoms with Crippen molar-refractivity contribution in [2.24, 2.45) is 0 Å². The summed E-state index contributed by atoms with van der Waals surface area (Å²) in [4.78, 5) is 15.8. The fraction of sp³-hybridized carbons (Fsp3) is 0.214. The normalized spacial score (nSPS) is 10.3. The Kier molecular flexibility index (Phi) is 4.94. The number of carbonyl (C=O) groups is 1. The lowest BCUT2D eigenvalue weighted by Crippen LogP contribution is -1.99. The molecule has 2 aromatic rings. The predicted octanol–water partition coefficient (Wildman–Crippen LogP) is 3.38. The quantitative estimate of drug-likeness (QED) is 0.854. The van der Waals surface area contributed by atoms with Gasteiger partial charge in [0.15, 0.2) is 4.34 Å². The standard InChI is InChI=1S/C14H11FN2O2S2/c1-8-12(5-13(18)19)21-14(17-8)20-7-9-2-3-11(15)10(4-9)6-16/h2-4H,5,7H2,1H3,(H,18,19). The second-order valence-electron chi connectivity index (χ2n) is 4.27. The minimum absolute atomic E-state index is 0.0231. The Morgan fingerprint density at radius 3 is 3.00 bits per heavy atom. The number of hydrogen-bond acceptors (Lipinski definition) is 5. The van der Waals surface area contributed by atoms with Crippen molar-refractivity contribution >= 4 is 29.1 Å². The number of aromatic nitrogens is 1. The van der Waals surface area contributed by atoms with E-state index in [1.54, 1.807) is 19.1 Å². The largest absolute Gasteiger partial charge is 0.481 e. The fourth-order valence-corrected chi connectivity index (χ4v) is 3.83. The summed E-state index contributed by atoms with van der Waals surface area (Å²) >= 11 is 2.80. The summed E-state index contributed by atoms with van der Waals surface area (Å²) in [5.41, 5.74) is 1.57. The van der Waals surface area contributed by atoms with E-state index >= 15 is 0 Å². The van der Waals surface area contributed by atoms with Crippen molar-refractivity contribution in [1.82, 2.24) is 4.98 Å². The highest BCUT2D eigenvalue weighted by atomic mass is 32.2. The van der Waals surface area contributed by atoms with E-state index in [0.717, 1.165) is 20.5 Å². The highest BCUT2D eigenvalue weighted by molar-refractivity contribution is 8.00. The molecule has 4 nitrogen and oxygen atoms in total. The van der Waals surface area contributed by atoms with E-state index in [0.29, 0.717) is 5.75 Å². The summed E-state index contributed by atoms with van der Waals surface area (Å²) in [5, 5.41) is 17.6. The number of thiazole rings is 1. The van der Waals surface area contributed by atoms with Crippen molar-refractivity contribution in [3.63, 3.8) is 0 Å². The molecule has 0 atom stereocenters. The summed E-state index contributed by atoms with van der Waals surface area (Å²) in [5.74, 6) is -0.857. The number of carboxylic acid groups (broad SMARTS) is 1. The number of nitrogens with zero attached hydrogens (tertiary/aromatic N) is 2. The molecule has 0 aliphatic carbocycles. The third kappa shape index (κ3) is 4.03. The molecule has 0 saturated carbocycles. The molecule has 0 amide bonds. The molecule has 0 saturated heterocycles. The van der Waals surface area contributed by atoms with E-state index in [4.69, 9.17) is 10.4 Å². The zero-order chi connectivity index (χ0) is 15.4. The first-order chi connectivity index (χ1) is 9.99. The highest BCUT2D eigenvalue weighted by Crippen LogP contribution is 2.30. The lowest BCUT2D eigenvalue weighted by Gasteiger charge is -2.00. The molecule has 2 rings (SSSR count). The minimum Gasteiger partial charge on any atom is -0.481 e. The van der Waals surface area contributed by atoms with Crippen LogP contribution in [-0.2, 0) is 17.0 Å². The molecule has 1 aromatic carbocycles. The number of benzene rings is 1. The Hall–Kier alpha value is -1.91. The Labute approximate surface area is 129 Å². The second kappa shape index (κ2) is 6.70. The van der Waals surface area contributed by atoms with Crippen LogP contribution in [0.25, 0.3) is 0 Å². The summed E-state index contributed by atoms with van der Waals surface area (Å²) in [6.07, 6.45) is -0.0286. The average Bonchev–Trinajstić information content (AvgIpc) is 2.77. The van der Waals surface area contributed by atoms with Crippen LogP contribution in [0.3, 0.4) is 0 Å². The molecule has 1 aromatic heterocycles. The van der Waals surface area contributed by atoms with Crippen LogP contribution < -0.4 is 0 Å². The maximum atomic E-state index is 13.2. The van der Waals surface area contributed by atoms with E-state index in [2.05, 4.69) is 4.98 Å². The van der Waals surface area contributed by atoms with Crippen LogP contribution in [0.2, 0.25) is 0 Å². The Bertz CT molecular complexity index is 722. The topological polar surface area (TPSA) is 74.0 Å². The summed E-state index contributed by atoms with van der Waals surface area (Å²) in [7, 11) is 0. The monoisotopic (exact) mass is 322 g/mol. The van der Waals surface area contributed by atoms with E-state index in [9.17, 15) is 9.18 Å². The fourth-order valence-electron chi connectivity index (χ4n) is 1.66. The molecule has 7 heteroatoms. The van der Waals surface area contributed by atoms with Crippen LogP contribution in [0.15, 0.2) is 22.5 Å². The molecular formula is C14H11FN2O2S2. The third-order valence-corrected chi connectivity index (χ3v) is 5.07. The molecule has 0 aliphatic heterocycles. The Balaban J connectivity index is 2.07. The van der Waals surface area contributed by atoms with Crippen molar-refractivity contribution in [3.8, 4) is 6.07 Å². The van der Waals surface area contributed by atoms with Crippen molar-refractivity contribution in [2.75, 3.05) is 0 Å². The van der Waals surface area contributed by atoms with Crippen molar-refractivity contribution in [2.45, 2.75) is 23.4 Å². The molecule has 0 spiro atoms. The van der Waals surface area contributed by atoms with Gasteiger partial charge in [0, 0.05) is 10.6 Å². The van der Waals surface area contributed by atoms with Gasteiger partial charge in [-0.25, -0.2) is 9.37 Å².